The molecule has 1 unspecified atom stereocenters. The van der Waals surface area contributed by atoms with Crippen LogP contribution in [0.1, 0.15) is 0 Å². The number of carbonyl (C=O) groups is 1. The summed E-state index contributed by atoms with van der Waals surface area (Å²) in [6, 6.07) is -0.954. The Morgan fingerprint density at radius 1 is 1.80 bits per heavy atom. The number of nitrogens with two attached hydrogens (primary N) is 1. The molecule has 0 aliphatic heterocycles. The molecule has 5 nitrogen and oxygen atoms in total. The number of esters is 1. The fraction of sp³-hybridized carbons (Fsp3) is 0.750. The van der Waals surface area contributed by atoms with E-state index >= 15 is 0 Å². The molecule has 0 aromatic heterocycles. The lowest BCUT2D eigenvalue weighted by atomic mass is 9.82. The predicted octanol–water partition coefficient (Wildman–Crippen LogP) is -2.04. The summed E-state index contributed by atoms with van der Waals surface area (Å²) in [6.07, 6.45) is -0.202. The average Bonchev–Trinajstić information content (AvgIpc) is 1.85. The van der Waals surface area contributed by atoms with Gasteiger partial charge in [-0.1, -0.05) is 0 Å². The van der Waals surface area contributed by atoms with Gasteiger partial charge in [0.05, 0.1) is 7.11 Å². The molecule has 0 radical (unpaired) electrons. The molecule has 4 N–H and O–H groups in total. The molecule has 0 saturated carbocycles. The minimum Gasteiger partial charge on any atom is -0.468 e. The summed E-state index contributed by atoms with van der Waals surface area (Å²) in [5.41, 5.74) is 5.13. The van der Waals surface area contributed by atoms with Crippen LogP contribution in [-0.2, 0) is 9.53 Å². The van der Waals surface area contributed by atoms with E-state index < -0.39 is 19.1 Å². The lowest BCUT2D eigenvalue weighted by molar-refractivity contribution is -0.141. The number of rotatable bonds is 3. The molecule has 58 valence electrons. The topological polar surface area (TPSA) is 92.8 Å². The van der Waals surface area contributed by atoms with Gasteiger partial charge in [-0.2, -0.15) is 0 Å². The van der Waals surface area contributed by atoms with E-state index in [0.717, 1.165) is 0 Å². The van der Waals surface area contributed by atoms with Gasteiger partial charge in [-0.25, -0.2) is 0 Å². The van der Waals surface area contributed by atoms with Crippen LogP contribution < -0.4 is 5.73 Å². The van der Waals surface area contributed by atoms with Crippen LogP contribution >= 0.6 is 0 Å². The highest BCUT2D eigenvalue weighted by Crippen LogP contribution is 1.92. The maximum absolute atomic E-state index is 10.5. The first-order valence-corrected chi connectivity index (χ1v) is 2.77. The first kappa shape index (κ1) is 9.41. The molecule has 0 aliphatic carbocycles. The Labute approximate surface area is 58.9 Å². The highest BCUT2D eigenvalue weighted by Gasteiger charge is 2.20. The van der Waals surface area contributed by atoms with E-state index in [4.69, 9.17) is 15.8 Å². The summed E-state index contributed by atoms with van der Waals surface area (Å²) in [5.74, 6) is -0.645. The van der Waals surface area contributed by atoms with Gasteiger partial charge in [-0.3, -0.25) is 4.79 Å². The molecular formula is C4H10BNO4. The molecule has 0 spiro atoms. The van der Waals surface area contributed by atoms with E-state index in [0.29, 0.717) is 0 Å². The molecule has 0 amide bonds. The first-order chi connectivity index (χ1) is 4.57. The largest absolute Gasteiger partial charge is 0.468 e. The second kappa shape index (κ2) is 4.27. The molecule has 0 rings (SSSR count). The summed E-state index contributed by atoms with van der Waals surface area (Å²) < 4.78 is 4.23. The van der Waals surface area contributed by atoms with Crippen LogP contribution in [0.5, 0.6) is 0 Å². The maximum Gasteiger partial charge on any atom is 0.453 e. The molecular weight excluding hydrogens is 137 g/mol. The quantitative estimate of drug-likeness (QED) is 0.316. The second-order valence-corrected chi connectivity index (χ2v) is 1.85. The van der Waals surface area contributed by atoms with Gasteiger partial charge in [-0.05, 0) is 0 Å². The lowest BCUT2D eigenvalue weighted by Gasteiger charge is -2.06. The van der Waals surface area contributed by atoms with Gasteiger partial charge in [0, 0.05) is 6.32 Å². The minimum absolute atomic E-state index is 0.202. The van der Waals surface area contributed by atoms with Gasteiger partial charge in [0.15, 0.2) is 0 Å². The van der Waals surface area contributed by atoms with Crippen LogP contribution in [0.3, 0.4) is 0 Å². The van der Waals surface area contributed by atoms with Crippen molar-refractivity contribution in [2.24, 2.45) is 5.73 Å². The highest BCUT2D eigenvalue weighted by molar-refractivity contribution is 6.41. The third-order valence-electron chi connectivity index (χ3n) is 0.969. The van der Waals surface area contributed by atoms with Crippen molar-refractivity contribution < 1.29 is 19.6 Å². The monoisotopic (exact) mass is 147 g/mol. The summed E-state index contributed by atoms with van der Waals surface area (Å²) >= 11 is 0. The molecule has 0 aromatic rings. The van der Waals surface area contributed by atoms with Crippen molar-refractivity contribution in [3.05, 3.63) is 0 Å². The summed E-state index contributed by atoms with van der Waals surface area (Å²) in [7, 11) is -0.375. The van der Waals surface area contributed by atoms with Crippen molar-refractivity contribution in [3.8, 4) is 0 Å². The van der Waals surface area contributed by atoms with Crippen LogP contribution in [0, 0.1) is 0 Å². The van der Waals surface area contributed by atoms with Gasteiger partial charge >= 0.3 is 13.1 Å². The molecule has 0 aromatic carbocycles. The summed E-state index contributed by atoms with van der Waals surface area (Å²) in [5, 5.41) is 16.7. The molecule has 0 fully saturated rings. The molecule has 1 atom stereocenters. The van der Waals surface area contributed by atoms with Crippen molar-refractivity contribution in [1.29, 1.82) is 0 Å². The first-order valence-electron chi connectivity index (χ1n) is 2.77. The number of hydrogen-bond acceptors (Lipinski definition) is 5. The van der Waals surface area contributed by atoms with Gasteiger partial charge in [0.1, 0.15) is 6.04 Å². The van der Waals surface area contributed by atoms with Crippen molar-refractivity contribution in [2.45, 2.75) is 12.4 Å². The Morgan fingerprint density at radius 3 is 2.60 bits per heavy atom. The number of hydrogen-bond donors (Lipinski definition) is 3. The van der Waals surface area contributed by atoms with Gasteiger partial charge in [0.25, 0.3) is 0 Å². The highest BCUT2D eigenvalue weighted by atomic mass is 16.5. The number of ether oxygens (including phenoxy) is 1. The van der Waals surface area contributed by atoms with E-state index in [-0.39, 0.29) is 6.32 Å². The van der Waals surface area contributed by atoms with Crippen molar-refractivity contribution in [2.75, 3.05) is 7.11 Å². The smallest absolute Gasteiger partial charge is 0.453 e. The minimum atomic E-state index is -1.56. The van der Waals surface area contributed by atoms with Crippen molar-refractivity contribution in [1.82, 2.24) is 0 Å². The van der Waals surface area contributed by atoms with E-state index in [1.807, 2.05) is 0 Å². The van der Waals surface area contributed by atoms with Gasteiger partial charge < -0.3 is 20.5 Å². The SMILES string of the molecule is COC(=O)C(N)CB(O)O. The lowest BCUT2D eigenvalue weighted by Crippen LogP contribution is -2.35. The van der Waals surface area contributed by atoms with E-state index in [9.17, 15) is 4.79 Å². The normalized spacial score (nSPS) is 12.4. The fourth-order valence-electron chi connectivity index (χ4n) is 0.475. The van der Waals surface area contributed by atoms with Crippen LogP contribution in [0.15, 0.2) is 0 Å². The number of methoxy groups -OCH3 is 1. The van der Waals surface area contributed by atoms with Crippen LogP contribution in [0.2, 0.25) is 6.32 Å². The van der Waals surface area contributed by atoms with Gasteiger partial charge in [-0.15, -0.1) is 0 Å². The molecule has 0 aliphatic rings. The van der Waals surface area contributed by atoms with E-state index in [1.165, 1.54) is 7.11 Å². The Morgan fingerprint density at radius 2 is 2.30 bits per heavy atom. The predicted molar refractivity (Wildman–Crippen MR) is 35.0 cm³/mol. The standard InChI is InChI=1S/C4H10BNO4/c1-10-4(7)3(6)2-5(8)9/h3,8-9H,2,6H2,1H3. The van der Waals surface area contributed by atoms with Gasteiger partial charge in [0.2, 0.25) is 0 Å². The average molecular weight is 147 g/mol. The van der Waals surface area contributed by atoms with E-state index in [2.05, 4.69) is 4.74 Å². The van der Waals surface area contributed by atoms with Crippen molar-refractivity contribution in [3.63, 3.8) is 0 Å². The molecule has 0 bridgehead atoms. The Hall–Kier alpha value is -0.585. The molecule has 10 heavy (non-hydrogen) atoms. The zero-order valence-electron chi connectivity index (χ0n) is 5.65. The third-order valence-corrected chi connectivity index (χ3v) is 0.969. The third kappa shape index (κ3) is 3.44. The zero-order chi connectivity index (χ0) is 8.15. The number of carbonyl (C=O) groups excluding carboxylic acids is 1. The Kier molecular flexibility index (Phi) is 4.02. The fourth-order valence-corrected chi connectivity index (χ4v) is 0.475. The molecule has 0 heterocycles. The summed E-state index contributed by atoms with van der Waals surface area (Å²) in [6.45, 7) is 0. The molecule has 6 heteroatoms. The van der Waals surface area contributed by atoms with E-state index in [1.54, 1.807) is 0 Å². The van der Waals surface area contributed by atoms with Crippen LogP contribution in [-0.4, -0.2) is 36.3 Å². The van der Waals surface area contributed by atoms with Crippen LogP contribution in [0.4, 0.5) is 0 Å². The Bertz CT molecular complexity index is 118. The zero-order valence-corrected chi connectivity index (χ0v) is 5.65. The second-order valence-electron chi connectivity index (χ2n) is 1.85. The Balaban J connectivity index is 3.61. The summed E-state index contributed by atoms with van der Waals surface area (Å²) in [4.78, 5) is 10.5. The maximum atomic E-state index is 10.5. The van der Waals surface area contributed by atoms with Crippen molar-refractivity contribution >= 4 is 13.1 Å². The molecule has 0 saturated heterocycles. The van der Waals surface area contributed by atoms with Crippen LogP contribution in [0.25, 0.3) is 0 Å².